The molecule has 4 heteroatoms. The van der Waals surface area contributed by atoms with Gasteiger partial charge in [0, 0.05) is 6.07 Å². The molecule has 1 heterocycles. The van der Waals surface area contributed by atoms with Gasteiger partial charge in [0.15, 0.2) is 0 Å². The molecule has 1 N–H and O–H groups in total. The van der Waals surface area contributed by atoms with E-state index in [1.807, 2.05) is 30.3 Å². The Labute approximate surface area is 110 Å². The second-order valence-corrected chi connectivity index (χ2v) is 3.74. The van der Waals surface area contributed by atoms with Crippen molar-refractivity contribution >= 4 is 12.2 Å². The van der Waals surface area contributed by atoms with E-state index < -0.39 is 0 Å². The fourth-order valence-electron chi connectivity index (χ4n) is 1.46. The first-order valence-corrected chi connectivity index (χ1v) is 5.68. The highest BCUT2D eigenvalue weighted by Gasteiger charge is 1.94. The van der Waals surface area contributed by atoms with Crippen molar-refractivity contribution in [2.45, 2.75) is 0 Å². The van der Waals surface area contributed by atoms with Crippen LogP contribution in [0.3, 0.4) is 0 Å². The van der Waals surface area contributed by atoms with E-state index in [4.69, 9.17) is 11.2 Å². The van der Waals surface area contributed by atoms with Gasteiger partial charge in [0.25, 0.3) is 5.56 Å². The molecule has 0 atom stereocenters. The number of H-pyrrole nitrogens is 1. The van der Waals surface area contributed by atoms with Crippen LogP contribution in [-0.4, -0.2) is 16.8 Å². The monoisotopic (exact) mass is 252 g/mol. The third-order valence-corrected chi connectivity index (χ3v) is 2.33. The lowest BCUT2D eigenvalue weighted by atomic mass is 10.2. The van der Waals surface area contributed by atoms with Crippen molar-refractivity contribution in [3.05, 3.63) is 58.0 Å². The van der Waals surface area contributed by atoms with Gasteiger partial charge in [-0.15, -0.1) is 6.42 Å². The van der Waals surface area contributed by atoms with Gasteiger partial charge in [-0.2, -0.15) is 5.10 Å². The number of terminal acetylenes is 1. The molecule has 0 aliphatic heterocycles. The minimum atomic E-state index is -0.221. The van der Waals surface area contributed by atoms with Crippen LogP contribution < -0.4 is 10.3 Å². The summed E-state index contributed by atoms with van der Waals surface area (Å²) in [5.74, 6) is 3.13. The van der Waals surface area contributed by atoms with E-state index in [0.29, 0.717) is 5.69 Å². The SMILES string of the molecule is C#CCOc1cccc(/C=C/c2ccc(=O)[nH]n2)c1. The maximum Gasteiger partial charge on any atom is 0.264 e. The number of hydrogen-bond donors (Lipinski definition) is 1. The van der Waals surface area contributed by atoms with Crippen molar-refractivity contribution in [2.24, 2.45) is 0 Å². The molecule has 0 saturated heterocycles. The van der Waals surface area contributed by atoms with Gasteiger partial charge in [-0.25, -0.2) is 5.10 Å². The molecule has 1 aromatic heterocycles. The van der Waals surface area contributed by atoms with Crippen LogP contribution in [0.25, 0.3) is 12.2 Å². The molecular formula is C15H12N2O2. The molecule has 0 fully saturated rings. The summed E-state index contributed by atoms with van der Waals surface area (Å²) in [7, 11) is 0. The summed E-state index contributed by atoms with van der Waals surface area (Å²) in [5, 5.41) is 6.26. The lowest BCUT2D eigenvalue weighted by molar-refractivity contribution is 0.370. The molecule has 0 aliphatic carbocycles. The van der Waals surface area contributed by atoms with E-state index in [-0.39, 0.29) is 12.2 Å². The number of hydrogen-bond acceptors (Lipinski definition) is 3. The number of aromatic nitrogens is 2. The third kappa shape index (κ3) is 3.86. The molecule has 0 bridgehead atoms. The normalized spacial score (nSPS) is 10.3. The summed E-state index contributed by atoms with van der Waals surface area (Å²) >= 11 is 0. The zero-order chi connectivity index (χ0) is 13.5. The lowest BCUT2D eigenvalue weighted by Gasteiger charge is -2.02. The summed E-state index contributed by atoms with van der Waals surface area (Å²) in [6.45, 7) is 0.245. The Morgan fingerprint density at radius 3 is 2.95 bits per heavy atom. The van der Waals surface area contributed by atoms with E-state index in [1.165, 1.54) is 6.07 Å². The van der Waals surface area contributed by atoms with Crippen molar-refractivity contribution in [3.8, 4) is 18.1 Å². The Bertz CT molecular complexity index is 661. The Morgan fingerprint density at radius 2 is 2.21 bits per heavy atom. The van der Waals surface area contributed by atoms with Crippen LogP contribution in [0.4, 0.5) is 0 Å². The predicted molar refractivity (Wildman–Crippen MR) is 74.6 cm³/mol. The van der Waals surface area contributed by atoms with Gasteiger partial charge in [-0.3, -0.25) is 4.79 Å². The fourth-order valence-corrected chi connectivity index (χ4v) is 1.46. The van der Waals surface area contributed by atoms with Crippen LogP contribution in [0.15, 0.2) is 41.2 Å². The second kappa shape index (κ2) is 6.22. The molecule has 4 nitrogen and oxygen atoms in total. The van der Waals surface area contributed by atoms with Crippen LogP contribution in [-0.2, 0) is 0 Å². The molecule has 0 amide bonds. The molecule has 0 unspecified atom stereocenters. The van der Waals surface area contributed by atoms with Crippen molar-refractivity contribution in [1.29, 1.82) is 0 Å². The number of nitrogens with one attached hydrogen (secondary N) is 1. The standard InChI is InChI=1S/C15H12N2O2/c1-2-10-19-14-5-3-4-12(11-14)6-7-13-8-9-15(18)17-16-13/h1,3-9,11H,10H2,(H,17,18)/b7-6+. The van der Waals surface area contributed by atoms with Crippen molar-refractivity contribution < 1.29 is 4.74 Å². The number of aromatic amines is 1. The van der Waals surface area contributed by atoms with Gasteiger partial charge < -0.3 is 4.74 Å². The molecule has 94 valence electrons. The van der Waals surface area contributed by atoms with Gasteiger partial charge >= 0.3 is 0 Å². The minimum Gasteiger partial charge on any atom is -0.481 e. The number of rotatable bonds is 4. The lowest BCUT2D eigenvalue weighted by Crippen LogP contribution is -2.05. The quantitative estimate of drug-likeness (QED) is 0.846. The van der Waals surface area contributed by atoms with Crippen LogP contribution in [0.5, 0.6) is 5.75 Å². The van der Waals surface area contributed by atoms with E-state index in [1.54, 1.807) is 12.1 Å². The van der Waals surface area contributed by atoms with Crippen LogP contribution >= 0.6 is 0 Å². The first kappa shape index (κ1) is 12.7. The largest absolute Gasteiger partial charge is 0.481 e. The Balaban J connectivity index is 2.12. The molecular weight excluding hydrogens is 240 g/mol. The number of ether oxygens (including phenoxy) is 1. The van der Waals surface area contributed by atoms with Crippen molar-refractivity contribution in [2.75, 3.05) is 6.61 Å². The van der Waals surface area contributed by atoms with Crippen molar-refractivity contribution in [3.63, 3.8) is 0 Å². The van der Waals surface area contributed by atoms with E-state index in [0.717, 1.165) is 11.3 Å². The smallest absolute Gasteiger partial charge is 0.264 e. The molecule has 2 rings (SSSR count). The van der Waals surface area contributed by atoms with Gasteiger partial charge in [0.2, 0.25) is 0 Å². The molecule has 1 aromatic carbocycles. The van der Waals surface area contributed by atoms with E-state index in [2.05, 4.69) is 16.1 Å². The predicted octanol–water partition coefficient (Wildman–Crippen LogP) is 1.95. The first-order valence-electron chi connectivity index (χ1n) is 5.68. The van der Waals surface area contributed by atoms with E-state index >= 15 is 0 Å². The van der Waals surface area contributed by atoms with Crippen molar-refractivity contribution in [1.82, 2.24) is 10.2 Å². The topological polar surface area (TPSA) is 55.0 Å². The molecule has 0 saturated carbocycles. The molecule has 2 aromatic rings. The summed E-state index contributed by atoms with van der Waals surface area (Å²) in [5.41, 5.74) is 1.42. The minimum absolute atomic E-state index is 0.221. The summed E-state index contributed by atoms with van der Waals surface area (Å²) < 4.78 is 5.33. The fraction of sp³-hybridized carbons (Fsp3) is 0.0667. The average Bonchev–Trinajstić information content (AvgIpc) is 2.45. The second-order valence-electron chi connectivity index (χ2n) is 3.74. The molecule has 0 aliphatic rings. The molecule has 19 heavy (non-hydrogen) atoms. The molecule has 0 spiro atoms. The summed E-state index contributed by atoms with van der Waals surface area (Å²) in [6, 6.07) is 10.6. The van der Waals surface area contributed by atoms with Crippen LogP contribution in [0, 0.1) is 12.3 Å². The van der Waals surface area contributed by atoms with Crippen LogP contribution in [0.1, 0.15) is 11.3 Å². The number of nitrogens with zero attached hydrogens (tertiary/aromatic N) is 1. The highest BCUT2D eigenvalue weighted by atomic mass is 16.5. The van der Waals surface area contributed by atoms with Gasteiger partial charge in [0.1, 0.15) is 12.4 Å². The molecule has 0 radical (unpaired) electrons. The Hall–Kier alpha value is -2.80. The zero-order valence-corrected chi connectivity index (χ0v) is 10.2. The summed E-state index contributed by atoms with van der Waals surface area (Å²) in [6.07, 6.45) is 8.82. The van der Waals surface area contributed by atoms with Gasteiger partial charge in [-0.05, 0) is 29.8 Å². The summed E-state index contributed by atoms with van der Waals surface area (Å²) in [4.78, 5) is 10.9. The Kier molecular flexibility index (Phi) is 4.14. The third-order valence-electron chi connectivity index (χ3n) is 2.33. The van der Waals surface area contributed by atoms with Gasteiger partial charge in [-0.1, -0.05) is 24.1 Å². The highest BCUT2D eigenvalue weighted by Crippen LogP contribution is 2.15. The average molecular weight is 252 g/mol. The number of benzene rings is 1. The maximum absolute atomic E-state index is 10.9. The van der Waals surface area contributed by atoms with Crippen LogP contribution in [0.2, 0.25) is 0 Å². The van der Waals surface area contributed by atoms with Gasteiger partial charge in [0.05, 0.1) is 5.69 Å². The highest BCUT2D eigenvalue weighted by molar-refractivity contribution is 5.68. The Morgan fingerprint density at radius 1 is 1.32 bits per heavy atom. The zero-order valence-electron chi connectivity index (χ0n) is 10.2. The maximum atomic E-state index is 10.9. The first-order chi connectivity index (χ1) is 9.28. The van der Waals surface area contributed by atoms with E-state index in [9.17, 15) is 4.79 Å².